The van der Waals surface area contributed by atoms with Gasteiger partial charge in [0.1, 0.15) is 0 Å². The number of carbonyl (C=O) groups excluding carboxylic acids is 1. The molecule has 0 saturated carbocycles. The average Bonchev–Trinajstić information content (AvgIpc) is 3.43. The number of fused-ring (bicyclic) bond motifs is 3. The highest BCUT2D eigenvalue weighted by Gasteiger charge is 2.40. The van der Waals surface area contributed by atoms with E-state index in [1.54, 1.807) is 0 Å². The summed E-state index contributed by atoms with van der Waals surface area (Å²) in [6.45, 7) is 4.82. The van der Waals surface area contributed by atoms with Gasteiger partial charge in [-0.2, -0.15) is 0 Å². The lowest BCUT2D eigenvalue weighted by molar-refractivity contribution is 0.0988. The molecule has 1 aliphatic carbocycles. The summed E-state index contributed by atoms with van der Waals surface area (Å²) in [5.41, 5.74) is 3.94. The first-order valence-electron chi connectivity index (χ1n) is 10.7. The van der Waals surface area contributed by atoms with Crippen molar-refractivity contribution in [2.24, 2.45) is 5.92 Å². The van der Waals surface area contributed by atoms with Crippen molar-refractivity contribution in [3.8, 4) is 0 Å². The van der Waals surface area contributed by atoms with Crippen molar-refractivity contribution in [3.05, 3.63) is 93.7 Å². The number of benzene rings is 2. The number of hydrogen-bond donors (Lipinski definition) is 1. The lowest BCUT2D eigenvalue weighted by Crippen LogP contribution is -2.34. The van der Waals surface area contributed by atoms with Crippen LogP contribution < -0.4 is 10.2 Å². The summed E-state index contributed by atoms with van der Waals surface area (Å²) >= 11 is 1.85. The van der Waals surface area contributed by atoms with Crippen molar-refractivity contribution in [1.82, 2.24) is 0 Å². The quantitative estimate of drug-likeness (QED) is 0.491. The normalized spacial score (nSPS) is 21.6. The Balaban J connectivity index is 1.58. The van der Waals surface area contributed by atoms with Crippen LogP contribution in [-0.2, 0) is 0 Å². The summed E-state index contributed by atoms with van der Waals surface area (Å²) in [5.74, 6) is 0.903. The number of allylic oxidation sites excluding steroid dienone is 2. The molecule has 0 radical (unpaired) electrons. The lowest BCUT2D eigenvalue weighted by Gasteiger charge is -2.38. The molecule has 0 bridgehead atoms. The number of aryl methyl sites for hydroxylation is 1. The van der Waals surface area contributed by atoms with Gasteiger partial charge in [0, 0.05) is 27.9 Å². The second-order valence-corrected chi connectivity index (χ2v) is 9.40. The van der Waals surface area contributed by atoms with Crippen molar-refractivity contribution >= 4 is 28.6 Å². The van der Waals surface area contributed by atoms with Crippen LogP contribution in [0.15, 0.2) is 72.8 Å². The van der Waals surface area contributed by atoms with E-state index in [1.807, 2.05) is 65.6 Å². The molecule has 30 heavy (non-hydrogen) atoms. The Labute approximate surface area is 182 Å². The molecule has 152 valence electrons. The molecule has 2 aliphatic rings. The van der Waals surface area contributed by atoms with Crippen LogP contribution in [-0.4, -0.2) is 12.5 Å². The maximum absolute atomic E-state index is 13.7. The second kappa shape index (κ2) is 7.77. The molecule has 0 fully saturated rings. The van der Waals surface area contributed by atoms with Crippen LogP contribution in [0.25, 0.3) is 0 Å². The second-order valence-electron chi connectivity index (χ2n) is 8.08. The summed E-state index contributed by atoms with van der Waals surface area (Å²) < 4.78 is 0. The molecular weight excluding hydrogens is 388 g/mol. The van der Waals surface area contributed by atoms with Gasteiger partial charge in [0.2, 0.25) is 0 Å². The molecule has 3 atom stereocenters. The zero-order valence-corrected chi connectivity index (χ0v) is 18.2. The van der Waals surface area contributed by atoms with Crippen LogP contribution >= 0.6 is 11.3 Å². The lowest BCUT2D eigenvalue weighted by atomic mass is 9.78. The number of thiophene rings is 1. The molecule has 1 amide bonds. The number of rotatable bonds is 4. The summed E-state index contributed by atoms with van der Waals surface area (Å²) in [4.78, 5) is 18.2. The smallest absolute Gasteiger partial charge is 0.260 e. The maximum atomic E-state index is 13.7. The molecule has 1 aliphatic heterocycles. The van der Waals surface area contributed by atoms with Gasteiger partial charge in [-0.3, -0.25) is 4.79 Å². The summed E-state index contributed by atoms with van der Waals surface area (Å²) in [5, 5.41) is 3.80. The van der Waals surface area contributed by atoms with Crippen LogP contribution in [0.2, 0.25) is 0 Å². The fourth-order valence-electron chi connectivity index (χ4n) is 4.90. The molecule has 3 aromatic rings. The Bertz CT molecular complexity index is 1100. The van der Waals surface area contributed by atoms with Crippen molar-refractivity contribution in [1.29, 1.82) is 0 Å². The van der Waals surface area contributed by atoms with Gasteiger partial charge < -0.3 is 10.2 Å². The number of amides is 1. The molecule has 0 spiro atoms. The molecular formula is C26H26N2OS. The Kier molecular flexibility index (Phi) is 4.95. The van der Waals surface area contributed by atoms with Gasteiger partial charge >= 0.3 is 0 Å². The zero-order chi connectivity index (χ0) is 20.7. The first-order chi connectivity index (χ1) is 14.7. The molecule has 4 heteroatoms. The predicted octanol–water partition coefficient (Wildman–Crippen LogP) is 6.55. The van der Waals surface area contributed by atoms with E-state index >= 15 is 0 Å². The highest BCUT2D eigenvalue weighted by molar-refractivity contribution is 7.12. The van der Waals surface area contributed by atoms with E-state index in [9.17, 15) is 4.79 Å². The van der Waals surface area contributed by atoms with Gasteiger partial charge in [-0.05, 0) is 62.1 Å². The highest BCUT2D eigenvalue weighted by atomic mass is 32.1. The Morgan fingerprint density at radius 1 is 1.10 bits per heavy atom. The number of anilines is 2. The van der Waals surface area contributed by atoms with E-state index in [2.05, 4.69) is 42.6 Å². The zero-order valence-electron chi connectivity index (χ0n) is 17.3. The third-order valence-electron chi connectivity index (χ3n) is 6.32. The van der Waals surface area contributed by atoms with Gasteiger partial charge in [0.25, 0.3) is 5.91 Å². The van der Waals surface area contributed by atoms with Crippen LogP contribution in [0.5, 0.6) is 0 Å². The maximum Gasteiger partial charge on any atom is 0.260 e. The predicted molar refractivity (Wildman–Crippen MR) is 126 cm³/mol. The number of nitrogens with zero attached hydrogens (tertiary/aromatic N) is 1. The molecule has 5 rings (SSSR count). The van der Waals surface area contributed by atoms with Crippen LogP contribution in [0, 0.1) is 12.8 Å². The monoisotopic (exact) mass is 414 g/mol. The first-order valence-corrected chi connectivity index (χ1v) is 11.5. The van der Waals surface area contributed by atoms with Crippen LogP contribution in [0.4, 0.5) is 11.4 Å². The first kappa shape index (κ1) is 19.1. The van der Waals surface area contributed by atoms with E-state index < -0.39 is 0 Å². The van der Waals surface area contributed by atoms with Gasteiger partial charge in [-0.1, -0.05) is 42.5 Å². The molecule has 3 nitrogen and oxygen atoms in total. The average molecular weight is 415 g/mol. The molecule has 0 saturated heterocycles. The van der Waals surface area contributed by atoms with E-state index in [0.717, 1.165) is 23.4 Å². The summed E-state index contributed by atoms with van der Waals surface area (Å²) in [6, 6.07) is 20.8. The van der Waals surface area contributed by atoms with Crippen molar-refractivity contribution in [3.63, 3.8) is 0 Å². The minimum Gasteiger partial charge on any atom is -0.376 e. The van der Waals surface area contributed by atoms with Gasteiger partial charge in [-0.15, -0.1) is 11.3 Å². The van der Waals surface area contributed by atoms with Crippen LogP contribution in [0.1, 0.15) is 51.0 Å². The molecule has 3 unspecified atom stereocenters. The largest absolute Gasteiger partial charge is 0.376 e. The summed E-state index contributed by atoms with van der Waals surface area (Å²) in [7, 11) is 0. The summed E-state index contributed by atoms with van der Waals surface area (Å²) in [6.07, 6.45) is 5.71. The third kappa shape index (κ3) is 3.16. The molecule has 1 N–H and O–H groups in total. The Morgan fingerprint density at radius 3 is 2.67 bits per heavy atom. The minimum absolute atomic E-state index is 0.0505. The number of nitrogens with one attached hydrogen (secondary N) is 1. The molecule has 2 heterocycles. The van der Waals surface area contributed by atoms with Gasteiger partial charge in [0.05, 0.1) is 17.3 Å². The third-order valence-corrected chi connectivity index (χ3v) is 7.41. The molecule has 2 aromatic carbocycles. The fraction of sp³-hybridized carbons (Fsp3) is 0.269. The number of para-hydroxylation sites is 2. The van der Waals surface area contributed by atoms with E-state index in [0.29, 0.717) is 18.4 Å². The van der Waals surface area contributed by atoms with E-state index in [1.165, 1.54) is 15.3 Å². The fourth-order valence-corrected chi connectivity index (χ4v) is 5.90. The molecule has 1 aromatic heterocycles. The topological polar surface area (TPSA) is 32.3 Å². The highest BCUT2D eigenvalue weighted by Crippen LogP contribution is 2.51. The van der Waals surface area contributed by atoms with E-state index in [-0.39, 0.29) is 11.9 Å². The standard InChI is InChI=1S/C26H26N2OS/c1-3-28(18-9-5-4-6-10-18)26(29)22-14-8-12-20-19-11-7-13-21(19)25(27-24(20)22)23-16-15-17(2)30-23/h4-12,14-16,19,21,25,27H,3,13H2,1-2H3. The Hall–Kier alpha value is -2.85. The van der Waals surface area contributed by atoms with E-state index in [4.69, 9.17) is 0 Å². The number of carbonyl (C=O) groups is 1. The van der Waals surface area contributed by atoms with Gasteiger partial charge in [-0.25, -0.2) is 0 Å². The van der Waals surface area contributed by atoms with Crippen molar-refractivity contribution in [2.45, 2.75) is 32.2 Å². The van der Waals surface area contributed by atoms with Crippen molar-refractivity contribution < 1.29 is 4.79 Å². The minimum atomic E-state index is 0.0505. The Morgan fingerprint density at radius 2 is 1.93 bits per heavy atom. The SMILES string of the molecule is CCN(C(=O)c1cccc2c1NC(c1ccc(C)s1)C1CC=CC21)c1ccccc1. The number of hydrogen-bond acceptors (Lipinski definition) is 3. The van der Waals surface area contributed by atoms with Gasteiger partial charge in [0.15, 0.2) is 0 Å². The van der Waals surface area contributed by atoms with Crippen LogP contribution in [0.3, 0.4) is 0 Å². The van der Waals surface area contributed by atoms with Crippen molar-refractivity contribution in [2.75, 3.05) is 16.8 Å².